The van der Waals surface area contributed by atoms with Crippen LogP contribution >= 0.6 is 0 Å². The first-order chi connectivity index (χ1) is 31.3. The average Bonchev–Trinajstić information content (AvgIpc) is 3.64. The van der Waals surface area contributed by atoms with E-state index in [1.807, 2.05) is 18.3 Å². The molecule has 0 unspecified atom stereocenters. The van der Waals surface area contributed by atoms with E-state index in [1.165, 1.54) is 27.6 Å². The Hall–Kier alpha value is -5.31. The normalized spacial score (nSPS) is 12.8. The molecule has 0 atom stereocenters. The van der Waals surface area contributed by atoms with E-state index in [0.29, 0.717) is 29.1 Å². The first-order valence-electron chi connectivity index (χ1n) is 24.4. The van der Waals surface area contributed by atoms with Gasteiger partial charge >= 0.3 is 0 Å². The Morgan fingerprint density at radius 3 is 1.57 bits per heavy atom. The van der Waals surface area contributed by atoms with Crippen LogP contribution in [0.2, 0.25) is 0 Å². The maximum atomic E-state index is 11.8. The van der Waals surface area contributed by atoms with Crippen LogP contribution in [0.1, 0.15) is 145 Å². The minimum atomic E-state index is -0.144. The van der Waals surface area contributed by atoms with Crippen molar-refractivity contribution < 1.29 is 26.2 Å². The summed E-state index contributed by atoms with van der Waals surface area (Å²) in [6, 6.07) is 45.9. The number of fused-ring (bicyclic) bond motifs is 2. The minimum Gasteiger partial charge on any atom is -0.507 e. The molecule has 0 saturated heterocycles. The van der Waals surface area contributed by atoms with Crippen molar-refractivity contribution in [2.45, 2.75) is 138 Å². The largest absolute Gasteiger partial charge is 0.507 e. The second-order valence-electron chi connectivity index (χ2n) is 23.8. The molecule has 2 aromatic heterocycles. The summed E-state index contributed by atoms with van der Waals surface area (Å²) in [6.45, 7) is 36.4. The first-order valence-corrected chi connectivity index (χ1v) is 24.4. The van der Waals surface area contributed by atoms with Gasteiger partial charge in [0.2, 0.25) is 0 Å². The van der Waals surface area contributed by atoms with Crippen LogP contribution in [-0.4, -0.2) is 19.6 Å². The molecule has 0 amide bonds. The Balaban J connectivity index is 0.00000684. The molecule has 0 aliphatic rings. The SMILES string of the molecule is CC(C)C(c1ccnc2c(-c3[c-]c(-c4cc(-c5ccc(C(C)(C)C)cc5)cc5c4nc(-c4cc(C(C)(C)C)ccc4O)n5-c4ccc(C(C)(C)C)cc4)ccc3)cc(C(C)(C)C)cc12)C(C)C.[Pt]. The molecular formula is C63H72N3OPt-. The Morgan fingerprint density at radius 2 is 1.03 bits per heavy atom. The molecule has 0 saturated carbocycles. The predicted molar refractivity (Wildman–Crippen MR) is 286 cm³/mol. The Labute approximate surface area is 422 Å². The standard InChI is InChI=1S/C63H72N3O.Pt/c1-38(2)56(39(3)4)49-30-31-64-57-51(36-47(37-52(49)57)63(14,15)16)42-19-17-18-41(32-42)50-33-43(40-20-22-44(23-21-40)60(5,6)7)34-54-58(50)65-59(53-35-46(62(11,12)13)26-29-55(53)67)66(54)48-27-24-45(25-28-48)61(8,9)10;/h17-31,33-39,56,67H,1-16H3;/q-1;. The van der Waals surface area contributed by atoms with Crippen molar-refractivity contribution in [3.63, 3.8) is 0 Å². The Morgan fingerprint density at radius 1 is 0.515 bits per heavy atom. The number of aromatic nitrogens is 3. The number of rotatable bonds is 8. The van der Waals surface area contributed by atoms with Gasteiger partial charge < -0.3 is 5.11 Å². The molecule has 5 heteroatoms. The van der Waals surface area contributed by atoms with E-state index in [9.17, 15) is 5.11 Å². The molecule has 8 aromatic rings. The van der Waals surface area contributed by atoms with E-state index in [2.05, 4.69) is 225 Å². The van der Waals surface area contributed by atoms with Crippen molar-refractivity contribution in [3.8, 4) is 56.2 Å². The molecule has 0 radical (unpaired) electrons. The van der Waals surface area contributed by atoms with Gasteiger partial charge in [0, 0.05) is 38.5 Å². The smallest absolute Gasteiger partial charge is 0.148 e. The second-order valence-corrected chi connectivity index (χ2v) is 23.8. The fourth-order valence-electron chi connectivity index (χ4n) is 9.92. The number of imidazole rings is 1. The van der Waals surface area contributed by atoms with Gasteiger partial charge in [0.15, 0.2) is 0 Å². The summed E-state index contributed by atoms with van der Waals surface area (Å²) in [5, 5.41) is 13.0. The predicted octanol–water partition coefficient (Wildman–Crippen LogP) is 17.3. The van der Waals surface area contributed by atoms with Gasteiger partial charge in [-0.3, -0.25) is 9.55 Å². The first kappa shape index (κ1) is 50.6. The van der Waals surface area contributed by atoms with Crippen LogP contribution in [0, 0.1) is 17.9 Å². The van der Waals surface area contributed by atoms with E-state index in [1.54, 1.807) is 0 Å². The van der Waals surface area contributed by atoms with Crippen LogP contribution in [0.4, 0.5) is 0 Å². The van der Waals surface area contributed by atoms with Crippen molar-refractivity contribution >= 4 is 21.9 Å². The summed E-state index contributed by atoms with van der Waals surface area (Å²) in [5.41, 5.74) is 16.7. The number of hydrogen-bond donors (Lipinski definition) is 1. The molecule has 8 rings (SSSR count). The third-order valence-electron chi connectivity index (χ3n) is 13.9. The molecular weight excluding hydrogens is 1010 g/mol. The molecule has 4 nitrogen and oxygen atoms in total. The van der Waals surface area contributed by atoms with E-state index >= 15 is 0 Å². The van der Waals surface area contributed by atoms with Crippen LogP contribution in [0.5, 0.6) is 5.75 Å². The molecule has 0 aliphatic heterocycles. The third kappa shape index (κ3) is 9.91. The molecule has 1 N–H and O–H groups in total. The van der Waals surface area contributed by atoms with Crippen LogP contribution in [0.25, 0.3) is 72.4 Å². The molecule has 68 heavy (non-hydrogen) atoms. The molecule has 0 spiro atoms. The van der Waals surface area contributed by atoms with Crippen LogP contribution in [-0.2, 0) is 42.7 Å². The quantitative estimate of drug-likeness (QED) is 0.154. The number of nitrogens with zero attached hydrogens (tertiary/aromatic N) is 3. The topological polar surface area (TPSA) is 50.9 Å². The second kappa shape index (κ2) is 18.5. The van der Waals surface area contributed by atoms with Crippen LogP contribution < -0.4 is 0 Å². The summed E-state index contributed by atoms with van der Waals surface area (Å²) >= 11 is 0. The third-order valence-corrected chi connectivity index (χ3v) is 13.9. The number of pyridine rings is 1. The number of phenols is 1. The molecule has 2 heterocycles. The van der Waals surface area contributed by atoms with E-state index < -0.39 is 0 Å². The van der Waals surface area contributed by atoms with Crippen molar-refractivity contribution in [3.05, 3.63) is 155 Å². The van der Waals surface area contributed by atoms with Gasteiger partial charge in [0.25, 0.3) is 0 Å². The number of aromatic hydroxyl groups is 1. The summed E-state index contributed by atoms with van der Waals surface area (Å²) in [5.74, 6) is 2.21. The molecule has 0 bridgehead atoms. The van der Waals surface area contributed by atoms with Crippen molar-refractivity contribution in [2.24, 2.45) is 11.8 Å². The summed E-state index contributed by atoms with van der Waals surface area (Å²) in [7, 11) is 0. The van der Waals surface area contributed by atoms with Gasteiger partial charge in [-0.1, -0.05) is 183 Å². The van der Waals surface area contributed by atoms with E-state index in [4.69, 9.17) is 9.97 Å². The van der Waals surface area contributed by atoms with Gasteiger partial charge in [-0.25, -0.2) is 4.98 Å². The zero-order valence-corrected chi connectivity index (χ0v) is 45.7. The van der Waals surface area contributed by atoms with Crippen molar-refractivity contribution in [1.82, 2.24) is 14.5 Å². The molecule has 0 aliphatic carbocycles. The fraction of sp³-hybridized carbons (Fsp3) is 0.365. The average molecular weight is 1080 g/mol. The van der Waals surface area contributed by atoms with Crippen LogP contribution in [0.15, 0.2) is 121 Å². The maximum Gasteiger partial charge on any atom is 0.148 e. The number of hydrogen-bond acceptors (Lipinski definition) is 3. The Kier molecular flexibility index (Phi) is 13.8. The Bertz CT molecular complexity index is 3100. The van der Waals surface area contributed by atoms with Gasteiger partial charge in [0.05, 0.1) is 16.6 Å². The summed E-state index contributed by atoms with van der Waals surface area (Å²) in [4.78, 5) is 10.8. The fourth-order valence-corrected chi connectivity index (χ4v) is 9.92. The van der Waals surface area contributed by atoms with Gasteiger partial charge in [0.1, 0.15) is 11.6 Å². The van der Waals surface area contributed by atoms with Gasteiger partial charge in [-0.2, -0.15) is 0 Å². The summed E-state index contributed by atoms with van der Waals surface area (Å²) in [6.07, 6.45) is 2.00. The van der Waals surface area contributed by atoms with Gasteiger partial charge in [-0.05, 0) is 120 Å². The van der Waals surface area contributed by atoms with Crippen molar-refractivity contribution in [1.29, 1.82) is 0 Å². The molecule has 356 valence electrons. The van der Waals surface area contributed by atoms with Crippen LogP contribution in [0.3, 0.4) is 0 Å². The minimum absolute atomic E-state index is 0. The summed E-state index contributed by atoms with van der Waals surface area (Å²) < 4.78 is 2.25. The monoisotopic (exact) mass is 1080 g/mol. The maximum absolute atomic E-state index is 11.8. The molecule has 0 fully saturated rings. The zero-order chi connectivity index (χ0) is 48.5. The number of phenolic OH excluding ortho intramolecular Hbond substituents is 1. The van der Waals surface area contributed by atoms with E-state index in [-0.39, 0.29) is 48.5 Å². The van der Waals surface area contributed by atoms with Gasteiger partial charge in [-0.15, -0.1) is 35.4 Å². The molecule has 6 aromatic carbocycles. The van der Waals surface area contributed by atoms with E-state index in [0.717, 1.165) is 61.2 Å². The zero-order valence-electron chi connectivity index (χ0n) is 43.4. The van der Waals surface area contributed by atoms with Crippen molar-refractivity contribution in [2.75, 3.05) is 0 Å². The number of benzene rings is 6.